The number of para-hydroxylation sites is 1. The van der Waals surface area contributed by atoms with Crippen LogP contribution in [0.1, 0.15) is 30.1 Å². The minimum atomic E-state index is -0.0401. The van der Waals surface area contributed by atoms with Crippen LogP contribution in [0.15, 0.2) is 47.4 Å². The summed E-state index contributed by atoms with van der Waals surface area (Å²) < 4.78 is 6.82. The van der Waals surface area contributed by atoms with Gasteiger partial charge in [0.1, 0.15) is 5.75 Å². The molecule has 7 heteroatoms. The summed E-state index contributed by atoms with van der Waals surface area (Å²) in [6, 6.07) is 13.6. The molecule has 5 nitrogen and oxygen atoms in total. The van der Waals surface area contributed by atoms with E-state index in [4.69, 9.17) is 9.72 Å². The van der Waals surface area contributed by atoms with Crippen molar-refractivity contribution in [2.24, 2.45) is 0 Å². The van der Waals surface area contributed by atoms with Crippen LogP contribution in [0.2, 0.25) is 0 Å². The van der Waals surface area contributed by atoms with E-state index >= 15 is 0 Å². The zero-order chi connectivity index (χ0) is 21.5. The van der Waals surface area contributed by atoms with E-state index in [0.29, 0.717) is 18.7 Å². The fraction of sp³-hybridized carbons (Fsp3) is 0.391. The minimum Gasteiger partial charge on any atom is -0.494 e. The number of fused-ring (bicyclic) bond motifs is 1. The topological polar surface area (TPSA) is 45.7 Å². The number of anilines is 1. The number of amides is 1. The van der Waals surface area contributed by atoms with Gasteiger partial charge in [0.2, 0.25) is 0 Å². The molecule has 0 spiro atoms. The van der Waals surface area contributed by atoms with Gasteiger partial charge < -0.3 is 9.64 Å². The van der Waals surface area contributed by atoms with Crippen molar-refractivity contribution in [3.05, 3.63) is 48.0 Å². The van der Waals surface area contributed by atoms with E-state index in [1.165, 1.54) is 0 Å². The zero-order valence-electron chi connectivity index (χ0n) is 18.1. The van der Waals surface area contributed by atoms with Crippen LogP contribution in [0.5, 0.6) is 5.75 Å². The summed E-state index contributed by atoms with van der Waals surface area (Å²) in [4.78, 5) is 23.2. The molecular weight excluding hydrogens is 414 g/mol. The molecule has 0 atom stereocenters. The van der Waals surface area contributed by atoms with Crippen molar-refractivity contribution in [3.63, 3.8) is 0 Å². The van der Waals surface area contributed by atoms with Crippen LogP contribution in [0.3, 0.4) is 0 Å². The van der Waals surface area contributed by atoms with E-state index in [-0.39, 0.29) is 5.91 Å². The number of rotatable bonds is 10. The average molecular weight is 444 g/mol. The van der Waals surface area contributed by atoms with Crippen molar-refractivity contribution in [1.29, 1.82) is 0 Å². The molecule has 0 aliphatic heterocycles. The zero-order valence-corrected chi connectivity index (χ0v) is 19.7. The second-order valence-electron chi connectivity index (χ2n) is 7.29. The highest BCUT2D eigenvalue weighted by Gasteiger charge is 2.22. The molecule has 0 bridgehead atoms. The van der Waals surface area contributed by atoms with E-state index in [1.807, 2.05) is 50.7 Å². The van der Waals surface area contributed by atoms with Gasteiger partial charge in [-0.15, -0.1) is 11.8 Å². The van der Waals surface area contributed by atoms with Crippen molar-refractivity contribution in [3.8, 4) is 5.75 Å². The van der Waals surface area contributed by atoms with Gasteiger partial charge in [-0.2, -0.15) is 0 Å². The van der Waals surface area contributed by atoms with E-state index in [0.717, 1.165) is 45.4 Å². The van der Waals surface area contributed by atoms with Crippen LogP contribution in [0.25, 0.3) is 10.2 Å². The molecule has 1 heterocycles. The monoisotopic (exact) mass is 443 g/mol. The molecule has 0 aliphatic rings. The number of benzene rings is 2. The van der Waals surface area contributed by atoms with Gasteiger partial charge in [0.15, 0.2) is 5.13 Å². The number of carbonyl (C=O) groups excluding carboxylic acids is 1. The fourth-order valence-electron chi connectivity index (χ4n) is 2.96. The number of unbranched alkanes of at least 4 members (excludes halogenated alkanes) is 1. The Labute approximate surface area is 187 Å². The first-order chi connectivity index (χ1) is 14.5. The number of thiazole rings is 1. The first kappa shape index (κ1) is 22.6. The molecule has 0 fully saturated rings. The molecule has 0 saturated carbocycles. The number of thioether (sulfide) groups is 1. The van der Waals surface area contributed by atoms with Gasteiger partial charge in [-0.1, -0.05) is 30.7 Å². The second-order valence-corrected chi connectivity index (χ2v) is 9.15. The molecule has 30 heavy (non-hydrogen) atoms. The number of aromatic nitrogens is 1. The third kappa shape index (κ3) is 5.53. The number of nitrogens with zero attached hydrogens (tertiary/aromatic N) is 3. The Hall–Kier alpha value is -2.09. The highest BCUT2D eigenvalue weighted by atomic mass is 32.2. The lowest BCUT2D eigenvalue weighted by atomic mass is 10.2. The van der Waals surface area contributed by atoms with E-state index < -0.39 is 0 Å². The Morgan fingerprint density at radius 1 is 1.13 bits per heavy atom. The highest BCUT2D eigenvalue weighted by molar-refractivity contribution is 7.98. The number of hydrogen-bond donors (Lipinski definition) is 0. The Morgan fingerprint density at radius 3 is 2.57 bits per heavy atom. The van der Waals surface area contributed by atoms with Gasteiger partial charge >= 0.3 is 0 Å². The molecule has 1 amide bonds. The van der Waals surface area contributed by atoms with Crippen molar-refractivity contribution in [2.75, 3.05) is 44.9 Å². The molecular formula is C23H29N3O2S2. The van der Waals surface area contributed by atoms with E-state index in [1.54, 1.807) is 28.0 Å². The lowest BCUT2D eigenvalue weighted by Gasteiger charge is -2.22. The number of carbonyl (C=O) groups is 1. The molecule has 160 valence electrons. The van der Waals surface area contributed by atoms with E-state index in [2.05, 4.69) is 24.0 Å². The lowest BCUT2D eigenvalue weighted by molar-refractivity contribution is 0.0985. The molecule has 3 aromatic rings. The van der Waals surface area contributed by atoms with Crippen LogP contribution in [-0.4, -0.2) is 55.8 Å². The fourth-order valence-corrected chi connectivity index (χ4v) is 4.60. The molecule has 0 aliphatic carbocycles. The van der Waals surface area contributed by atoms with Crippen molar-refractivity contribution in [2.45, 2.75) is 24.7 Å². The second kappa shape index (κ2) is 10.8. The molecule has 0 radical (unpaired) electrons. The van der Waals surface area contributed by atoms with Crippen molar-refractivity contribution in [1.82, 2.24) is 9.88 Å². The van der Waals surface area contributed by atoms with Gasteiger partial charge in [-0.25, -0.2) is 4.98 Å². The Balaban J connectivity index is 1.87. The first-order valence-electron chi connectivity index (χ1n) is 10.2. The predicted molar refractivity (Wildman–Crippen MR) is 128 cm³/mol. The third-order valence-corrected chi connectivity index (χ3v) is 6.52. The first-order valence-corrected chi connectivity index (χ1v) is 12.2. The maximum absolute atomic E-state index is 13.4. The maximum atomic E-state index is 13.4. The number of hydrogen-bond acceptors (Lipinski definition) is 6. The smallest absolute Gasteiger partial charge is 0.260 e. The summed E-state index contributed by atoms with van der Waals surface area (Å²) in [5.74, 6) is 0.756. The van der Waals surface area contributed by atoms with Gasteiger partial charge in [0.25, 0.3) is 5.91 Å². The summed E-state index contributed by atoms with van der Waals surface area (Å²) in [6.45, 7) is 4.17. The minimum absolute atomic E-state index is 0.0401. The van der Waals surface area contributed by atoms with Crippen LogP contribution in [0, 0.1) is 0 Å². The normalized spacial score (nSPS) is 11.2. The largest absolute Gasteiger partial charge is 0.494 e. The van der Waals surface area contributed by atoms with Crippen molar-refractivity contribution >= 4 is 44.4 Å². The van der Waals surface area contributed by atoms with Crippen LogP contribution in [-0.2, 0) is 0 Å². The summed E-state index contributed by atoms with van der Waals surface area (Å²) in [5.41, 5.74) is 1.60. The molecule has 1 aromatic heterocycles. The van der Waals surface area contributed by atoms with Gasteiger partial charge in [0.05, 0.1) is 16.8 Å². The average Bonchev–Trinajstić information content (AvgIpc) is 3.18. The van der Waals surface area contributed by atoms with Crippen LogP contribution < -0.4 is 9.64 Å². The molecule has 0 N–H and O–H groups in total. The molecule has 3 rings (SSSR count). The highest BCUT2D eigenvalue weighted by Crippen LogP contribution is 2.34. The summed E-state index contributed by atoms with van der Waals surface area (Å²) >= 11 is 3.24. The van der Waals surface area contributed by atoms with Gasteiger partial charge in [-0.3, -0.25) is 9.69 Å². The van der Waals surface area contributed by atoms with Crippen molar-refractivity contribution < 1.29 is 9.53 Å². The van der Waals surface area contributed by atoms with E-state index in [9.17, 15) is 4.79 Å². The van der Waals surface area contributed by atoms with Crippen LogP contribution in [0.4, 0.5) is 5.13 Å². The lowest BCUT2D eigenvalue weighted by Crippen LogP contribution is -2.36. The Kier molecular flexibility index (Phi) is 8.13. The van der Waals surface area contributed by atoms with Crippen LogP contribution >= 0.6 is 23.1 Å². The SMILES string of the molecule is CCCCOc1ccc(C(=O)N(CCN(C)C)c2nc3c(SC)cccc3s2)cc1. The molecule has 2 aromatic carbocycles. The molecule has 0 unspecified atom stereocenters. The molecule has 0 saturated heterocycles. The summed E-state index contributed by atoms with van der Waals surface area (Å²) in [6.07, 6.45) is 4.17. The quantitative estimate of drug-likeness (QED) is 0.310. The maximum Gasteiger partial charge on any atom is 0.260 e. The Bertz CT molecular complexity index is 970. The standard InChI is InChI=1S/C23H29N3O2S2/c1-5-6-16-28-18-12-10-17(11-13-18)22(27)26(15-14-25(2)3)23-24-21-19(29-4)8-7-9-20(21)30-23/h7-13H,5-6,14-16H2,1-4H3. The third-order valence-electron chi connectivity index (χ3n) is 4.71. The van der Waals surface area contributed by atoms with Gasteiger partial charge in [0, 0.05) is 23.5 Å². The number of ether oxygens (including phenoxy) is 1. The van der Waals surface area contributed by atoms with Gasteiger partial charge in [-0.05, 0) is 63.2 Å². The predicted octanol–water partition coefficient (Wildman–Crippen LogP) is 5.41. The number of likely N-dealkylation sites (N-methyl/N-ethyl adjacent to an activating group) is 1. The Morgan fingerprint density at radius 2 is 1.90 bits per heavy atom. The summed E-state index contributed by atoms with van der Waals surface area (Å²) in [7, 11) is 4.02. The summed E-state index contributed by atoms with van der Waals surface area (Å²) in [5, 5.41) is 0.738.